The average molecular weight is 435 g/mol. The van der Waals surface area contributed by atoms with Crippen LogP contribution in [-0.2, 0) is 23.9 Å². The van der Waals surface area contributed by atoms with Crippen molar-refractivity contribution in [3.63, 3.8) is 0 Å². The Morgan fingerprint density at radius 2 is 1.81 bits per heavy atom. The molecule has 0 aromatic heterocycles. The van der Waals surface area contributed by atoms with Crippen LogP contribution in [0.2, 0.25) is 0 Å². The summed E-state index contributed by atoms with van der Waals surface area (Å²) in [6, 6.07) is 0. The smallest absolute Gasteiger partial charge is 0.302 e. The van der Waals surface area contributed by atoms with Gasteiger partial charge in [-0.3, -0.25) is 14.4 Å². The Hall–Kier alpha value is -1.43. The predicted molar refractivity (Wildman–Crippen MR) is 114 cm³/mol. The molecule has 4 fully saturated rings. The van der Waals surface area contributed by atoms with Gasteiger partial charge in [-0.25, -0.2) is 0 Å². The monoisotopic (exact) mass is 434 g/mol. The average Bonchev–Trinajstić information content (AvgIpc) is 2.90. The number of aliphatic hydroxyl groups is 1. The minimum atomic E-state index is -0.470. The number of aliphatic hydroxyl groups excluding tert-OH is 1. The van der Waals surface area contributed by atoms with E-state index in [0.29, 0.717) is 24.7 Å². The first-order valence-corrected chi connectivity index (χ1v) is 12.0. The molecule has 4 saturated carbocycles. The lowest BCUT2D eigenvalue weighted by atomic mass is 9.43. The number of ketones is 1. The Bertz CT molecular complexity index is 763. The topological polar surface area (TPSA) is 89.9 Å². The Kier molecular flexibility index (Phi) is 5.77. The molecule has 0 bridgehead atoms. The van der Waals surface area contributed by atoms with Crippen LogP contribution >= 0.6 is 0 Å². The highest BCUT2D eigenvalue weighted by Gasteiger charge is 2.66. The first kappa shape index (κ1) is 22.8. The summed E-state index contributed by atoms with van der Waals surface area (Å²) < 4.78 is 11.0. The van der Waals surface area contributed by atoms with Crippen molar-refractivity contribution in [1.82, 2.24) is 0 Å². The molecule has 6 heteroatoms. The van der Waals surface area contributed by atoms with Gasteiger partial charge in [0.25, 0.3) is 0 Å². The van der Waals surface area contributed by atoms with E-state index >= 15 is 0 Å². The third-order valence-corrected chi connectivity index (χ3v) is 9.62. The second-order valence-corrected chi connectivity index (χ2v) is 11.3. The van der Waals surface area contributed by atoms with Gasteiger partial charge in [-0.15, -0.1) is 0 Å². The minimum Gasteiger partial charge on any atom is -0.463 e. The van der Waals surface area contributed by atoms with Crippen LogP contribution in [0, 0.1) is 40.4 Å². The normalized spacial score (nSPS) is 47.5. The van der Waals surface area contributed by atoms with Crippen LogP contribution in [0.1, 0.15) is 79.6 Å². The molecular formula is C25H38O6. The van der Waals surface area contributed by atoms with Crippen molar-refractivity contribution in [1.29, 1.82) is 0 Å². The zero-order chi connectivity index (χ0) is 22.7. The lowest BCUT2D eigenvalue weighted by molar-refractivity contribution is -0.189. The van der Waals surface area contributed by atoms with E-state index in [1.165, 1.54) is 13.8 Å². The summed E-state index contributed by atoms with van der Waals surface area (Å²) in [5, 5.41) is 11.5. The van der Waals surface area contributed by atoms with Crippen LogP contribution < -0.4 is 0 Å². The van der Waals surface area contributed by atoms with Gasteiger partial charge in [-0.2, -0.15) is 0 Å². The van der Waals surface area contributed by atoms with Crippen molar-refractivity contribution < 1.29 is 29.0 Å². The molecule has 6 nitrogen and oxygen atoms in total. The molecule has 174 valence electrons. The van der Waals surface area contributed by atoms with Crippen molar-refractivity contribution in [2.24, 2.45) is 40.4 Å². The quantitative estimate of drug-likeness (QED) is 0.682. The number of Topliss-reactive ketones (excluding diaryl/α,β-unsaturated/α-hetero) is 1. The minimum absolute atomic E-state index is 0.00292. The van der Waals surface area contributed by atoms with Crippen molar-refractivity contribution in [2.75, 3.05) is 0 Å². The molecule has 0 aliphatic heterocycles. The van der Waals surface area contributed by atoms with E-state index in [0.717, 1.165) is 32.1 Å². The maximum Gasteiger partial charge on any atom is 0.302 e. The van der Waals surface area contributed by atoms with E-state index in [1.807, 2.05) is 6.92 Å². The summed E-state index contributed by atoms with van der Waals surface area (Å²) in [5.74, 6) is 0.380. The van der Waals surface area contributed by atoms with Crippen LogP contribution in [-0.4, -0.2) is 41.1 Å². The Balaban J connectivity index is 1.59. The Morgan fingerprint density at radius 3 is 2.45 bits per heavy atom. The summed E-state index contributed by atoms with van der Waals surface area (Å²) in [6.45, 7) is 9.14. The molecule has 31 heavy (non-hydrogen) atoms. The highest BCUT2D eigenvalue weighted by atomic mass is 16.5. The maximum absolute atomic E-state index is 13.1. The number of rotatable bonds is 3. The molecule has 0 amide bonds. The molecule has 0 heterocycles. The number of carbonyl (C=O) groups is 3. The van der Waals surface area contributed by atoms with Crippen molar-refractivity contribution >= 4 is 17.7 Å². The second kappa shape index (κ2) is 7.86. The first-order chi connectivity index (χ1) is 14.5. The van der Waals surface area contributed by atoms with Gasteiger partial charge in [0.05, 0.1) is 12.0 Å². The lowest BCUT2D eigenvalue weighted by Gasteiger charge is -2.62. The van der Waals surface area contributed by atoms with Gasteiger partial charge >= 0.3 is 11.9 Å². The molecule has 4 rings (SSSR count). The van der Waals surface area contributed by atoms with Crippen LogP contribution in [0.25, 0.3) is 0 Å². The molecule has 0 unspecified atom stereocenters. The molecule has 10 atom stereocenters. The van der Waals surface area contributed by atoms with Crippen LogP contribution in [0.4, 0.5) is 0 Å². The molecule has 0 spiro atoms. The fraction of sp³-hybridized carbons (Fsp3) is 0.880. The van der Waals surface area contributed by atoms with E-state index in [2.05, 4.69) is 13.8 Å². The fourth-order valence-corrected chi connectivity index (χ4v) is 8.65. The Morgan fingerprint density at radius 1 is 1.10 bits per heavy atom. The van der Waals surface area contributed by atoms with E-state index in [4.69, 9.17) is 9.47 Å². The predicted octanol–water partition coefficient (Wildman–Crippen LogP) is 3.68. The van der Waals surface area contributed by atoms with E-state index in [-0.39, 0.29) is 52.4 Å². The third kappa shape index (κ3) is 3.63. The summed E-state index contributed by atoms with van der Waals surface area (Å²) in [7, 11) is 0. The molecule has 0 radical (unpaired) electrons. The van der Waals surface area contributed by atoms with Gasteiger partial charge in [0.1, 0.15) is 18.0 Å². The molecule has 4 aliphatic rings. The van der Waals surface area contributed by atoms with Crippen LogP contribution in [0.5, 0.6) is 0 Å². The highest BCUT2D eigenvalue weighted by molar-refractivity contribution is 5.86. The SMILES string of the molecule is CC(=O)O[C@@H]1CC[C@@]2(C)[C@@H](CC[C@@H]3[C@@H]2[C@@H](O)C[C@]2(C)[C@@H]([C@@H](C)OC(C)=O)C(=O)C[C@@H]32)C1. The fourth-order valence-electron chi connectivity index (χ4n) is 8.65. The largest absolute Gasteiger partial charge is 0.463 e. The Labute approximate surface area is 185 Å². The molecule has 4 aliphatic carbocycles. The summed E-state index contributed by atoms with van der Waals surface area (Å²) >= 11 is 0. The molecule has 0 saturated heterocycles. The lowest BCUT2D eigenvalue weighted by Crippen LogP contribution is -2.59. The van der Waals surface area contributed by atoms with E-state index < -0.39 is 12.2 Å². The van der Waals surface area contributed by atoms with Gasteiger partial charge in [0.15, 0.2) is 0 Å². The van der Waals surface area contributed by atoms with E-state index in [1.54, 1.807) is 0 Å². The number of carbonyl (C=O) groups excluding carboxylic acids is 3. The standard InChI is InChI=1S/C25H38O6/c1-13(30-14(2)26)22-20(28)11-19-18-7-6-16-10-17(31-15(3)27)8-9-24(16,4)23(18)21(29)12-25(19,22)5/h13,16-19,21-23,29H,6-12H2,1-5H3/t13-,16+,17-,18+,19+,21+,22+,23-,24+,25+/m1/s1. The van der Waals surface area contributed by atoms with Gasteiger partial charge in [0.2, 0.25) is 0 Å². The second-order valence-electron chi connectivity index (χ2n) is 11.3. The van der Waals surface area contributed by atoms with Crippen LogP contribution in [0.15, 0.2) is 0 Å². The maximum atomic E-state index is 13.1. The molecule has 0 aromatic rings. The number of hydrogen-bond donors (Lipinski definition) is 1. The first-order valence-electron chi connectivity index (χ1n) is 12.0. The molecule has 1 N–H and O–H groups in total. The zero-order valence-electron chi connectivity index (χ0n) is 19.6. The number of fused-ring (bicyclic) bond motifs is 5. The van der Waals surface area contributed by atoms with Crippen LogP contribution in [0.3, 0.4) is 0 Å². The van der Waals surface area contributed by atoms with Gasteiger partial charge in [0, 0.05) is 20.3 Å². The van der Waals surface area contributed by atoms with Gasteiger partial charge < -0.3 is 14.6 Å². The molecular weight excluding hydrogens is 396 g/mol. The zero-order valence-corrected chi connectivity index (χ0v) is 19.6. The highest BCUT2D eigenvalue weighted by Crippen LogP contribution is 2.67. The van der Waals surface area contributed by atoms with Crippen molar-refractivity contribution in [3.8, 4) is 0 Å². The summed E-state index contributed by atoms with van der Waals surface area (Å²) in [4.78, 5) is 36.1. The summed E-state index contributed by atoms with van der Waals surface area (Å²) in [5.41, 5.74) is -0.340. The molecule has 0 aromatic carbocycles. The van der Waals surface area contributed by atoms with E-state index in [9.17, 15) is 19.5 Å². The summed E-state index contributed by atoms with van der Waals surface area (Å²) in [6.07, 6.45) is 4.86. The number of esters is 2. The number of ether oxygens (including phenoxy) is 2. The van der Waals surface area contributed by atoms with Crippen molar-refractivity contribution in [3.05, 3.63) is 0 Å². The third-order valence-electron chi connectivity index (χ3n) is 9.62. The number of hydrogen-bond acceptors (Lipinski definition) is 6. The van der Waals surface area contributed by atoms with Gasteiger partial charge in [-0.1, -0.05) is 13.8 Å². The van der Waals surface area contributed by atoms with Crippen molar-refractivity contribution in [2.45, 2.75) is 97.9 Å². The van der Waals surface area contributed by atoms with Gasteiger partial charge in [-0.05, 0) is 80.0 Å².